The SMILES string of the molecule is Cc1cc(CSc2ncccc2C(=O)NCc2ccc(-c3nc4ccccc4s3)o2)no1. The summed E-state index contributed by atoms with van der Waals surface area (Å²) in [5.41, 5.74) is 2.26. The standard InChI is InChI=1S/C23H18N4O3S2/c1-14-11-15(27-30-14)13-31-22-17(5-4-10-24-22)21(28)25-12-16-8-9-19(29-16)23-26-18-6-2-3-7-20(18)32-23/h2-11H,12-13H2,1H3,(H,25,28). The molecule has 0 spiro atoms. The number of thiazole rings is 1. The molecule has 0 saturated carbocycles. The van der Waals surface area contributed by atoms with Gasteiger partial charge in [0.15, 0.2) is 10.8 Å². The Morgan fingerprint density at radius 3 is 2.91 bits per heavy atom. The third kappa shape index (κ3) is 4.44. The smallest absolute Gasteiger partial charge is 0.254 e. The number of furan rings is 1. The second-order valence-electron chi connectivity index (χ2n) is 7.01. The number of benzene rings is 1. The largest absolute Gasteiger partial charge is 0.457 e. The van der Waals surface area contributed by atoms with Gasteiger partial charge in [-0.3, -0.25) is 4.79 Å². The summed E-state index contributed by atoms with van der Waals surface area (Å²) in [6.45, 7) is 2.11. The van der Waals surface area contributed by atoms with Crippen LogP contribution in [0.25, 0.3) is 21.0 Å². The molecule has 0 aliphatic heterocycles. The molecule has 4 aromatic heterocycles. The van der Waals surface area contributed by atoms with Crippen LogP contribution in [0.4, 0.5) is 0 Å². The Morgan fingerprint density at radius 1 is 1.16 bits per heavy atom. The number of aryl methyl sites for hydroxylation is 1. The Bertz CT molecular complexity index is 1360. The zero-order valence-electron chi connectivity index (χ0n) is 17.1. The number of amides is 1. The average Bonchev–Trinajstić information content (AvgIpc) is 3.55. The molecule has 7 nitrogen and oxygen atoms in total. The van der Waals surface area contributed by atoms with E-state index in [0.717, 1.165) is 26.7 Å². The van der Waals surface area contributed by atoms with Gasteiger partial charge in [0.25, 0.3) is 5.91 Å². The highest BCUT2D eigenvalue weighted by atomic mass is 32.2. The summed E-state index contributed by atoms with van der Waals surface area (Å²) in [4.78, 5) is 21.8. The number of pyridine rings is 1. The monoisotopic (exact) mass is 462 g/mol. The maximum atomic E-state index is 12.8. The molecule has 4 heterocycles. The van der Waals surface area contributed by atoms with Crippen LogP contribution in [0.1, 0.15) is 27.6 Å². The predicted molar refractivity (Wildman–Crippen MR) is 124 cm³/mol. The topological polar surface area (TPSA) is 94.1 Å². The summed E-state index contributed by atoms with van der Waals surface area (Å²) in [7, 11) is 0. The Balaban J connectivity index is 1.24. The van der Waals surface area contributed by atoms with Gasteiger partial charge in [-0.1, -0.05) is 29.1 Å². The van der Waals surface area contributed by atoms with Gasteiger partial charge in [-0.15, -0.1) is 11.3 Å². The number of hydrogen-bond acceptors (Lipinski definition) is 8. The summed E-state index contributed by atoms with van der Waals surface area (Å²) in [5.74, 6) is 2.45. The first-order valence-corrected chi connectivity index (χ1v) is 11.7. The molecule has 32 heavy (non-hydrogen) atoms. The van der Waals surface area contributed by atoms with Crippen LogP contribution < -0.4 is 5.32 Å². The van der Waals surface area contributed by atoms with E-state index in [1.54, 1.807) is 29.7 Å². The second kappa shape index (κ2) is 8.97. The molecule has 0 unspecified atom stereocenters. The van der Waals surface area contributed by atoms with E-state index < -0.39 is 0 Å². The lowest BCUT2D eigenvalue weighted by molar-refractivity contribution is 0.0944. The van der Waals surface area contributed by atoms with Crippen molar-refractivity contribution in [1.82, 2.24) is 20.4 Å². The number of nitrogens with zero attached hydrogens (tertiary/aromatic N) is 3. The Morgan fingerprint density at radius 2 is 2.06 bits per heavy atom. The number of aromatic nitrogens is 3. The number of carbonyl (C=O) groups is 1. The van der Waals surface area contributed by atoms with Crippen molar-refractivity contribution in [2.24, 2.45) is 0 Å². The zero-order valence-corrected chi connectivity index (χ0v) is 18.7. The molecule has 5 aromatic rings. The molecule has 0 aliphatic carbocycles. The van der Waals surface area contributed by atoms with E-state index in [0.29, 0.717) is 27.9 Å². The van der Waals surface area contributed by atoms with Gasteiger partial charge in [0.2, 0.25) is 0 Å². The lowest BCUT2D eigenvalue weighted by Gasteiger charge is -2.07. The minimum Gasteiger partial charge on any atom is -0.457 e. The molecule has 0 fully saturated rings. The molecule has 0 saturated heterocycles. The highest BCUT2D eigenvalue weighted by Gasteiger charge is 2.15. The molecule has 1 N–H and O–H groups in total. The van der Waals surface area contributed by atoms with Gasteiger partial charge in [0, 0.05) is 18.0 Å². The fourth-order valence-corrected chi connectivity index (χ4v) is 4.93. The number of nitrogens with one attached hydrogen (secondary N) is 1. The quantitative estimate of drug-likeness (QED) is 0.321. The van der Waals surface area contributed by atoms with Crippen molar-refractivity contribution < 1.29 is 13.7 Å². The van der Waals surface area contributed by atoms with Crippen molar-refractivity contribution in [2.45, 2.75) is 24.2 Å². The number of para-hydroxylation sites is 1. The van der Waals surface area contributed by atoms with E-state index in [4.69, 9.17) is 8.94 Å². The average molecular weight is 463 g/mol. The molecular formula is C23H18N4O3S2. The maximum Gasteiger partial charge on any atom is 0.254 e. The molecule has 9 heteroatoms. The lowest BCUT2D eigenvalue weighted by Crippen LogP contribution is -2.23. The summed E-state index contributed by atoms with van der Waals surface area (Å²) < 4.78 is 12.1. The van der Waals surface area contributed by atoms with Gasteiger partial charge in [0.1, 0.15) is 16.5 Å². The van der Waals surface area contributed by atoms with E-state index in [1.165, 1.54) is 11.8 Å². The lowest BCUT2D eigenvalue weighted by atomic mass is 10.2. The van der Waals surface area contributed by atoms with Gasteiger partial charge >= 0.3 is 0 Å². The molecule has 160 valence electrons. The second-order valence-corrected chi connectivity index (χ2v) is 9.00. The third-order valence-electron chi connectivity index (χ3n) is 4.64. The van der Waals surface area contributed by atoms with Gasteiger partial charge < -0.3 is 14.3 Å². The van der Waals surface area contributed by atoms with Crippen molar-refractivity contribution in [3.8, 4) is 10.8 Å². The van der Waals surface area contributed by atoms with Gasteiger partial charge in [-0.25, -0.2) is 9.97 Å². The number of fused-ring (bicyclic) bond motifs is 1. The van der Waals surface area contributed by atoms with Gasteiger partial charge in [-0.05, 0) is 43.3 Å². The van der Waals surface area contributed by atoms with Crippen LogP contribution in [0.3, 0.4) is 0 Å². The zero-order chi connectivity index (χ0) is 21.9. The van der Waals surface area contributed by atoms with Crippen molar-refractivity contribution in [3.63, 3.8) is 0 Å². The summed E-state index contributed by atoms with van der Waals surface area (Å²) in [5, 5.41) is 8.35. The van der Waals surface area contributed by atoms with Gasteiger partial charge in [-0.2, -0.15) is 0 Å². The van der Waals surface area contributed by atoms with Crippen LogP contribution in [0, 0.1) is 6.92 Å². The predicted octanol–water partition coefficient (Wildman–Crippen LogP) is 5.47. The summed E-state index contributed by atoms with van der Waals surface area (Å²) in [6.07, 6.45) is 1.67. The fraction of sp³-hybridized carbons (Fsp3) is 0.130. The fourth-order valence-electron chi connectivity index (χ4n) is 3.14. The highest BCUT2D eigenvalue weighted by Crippen LogP contribution is 2.31. The number of thioether (sulfide) groups is 1. The normalized spacial score (nSPS) is 11.2. The number of carbonyl (C=O) groups excluding carboxylic acids is 1. The van der Waals surface area contributed by atoms with Crippen molar-refractivity contribution in [1.29, 1.82) is 0 Å². The van der Waals surface area contributed by atoms with E-state index in [2.05, 4.69) is 20.4 Å². The minimum absolute atomic E-state index is 0.213. The van der Waals surface area contributed by atoms with Crippen molar-refractivity contribution >= 4 is 39.2 Å². The van der Waals surface area contributed by atoms with Gasteiger partial charge in [0.05, 0.1) is 28.0 Å². The third-order valence-corrected chi connectivity index (χ3v) is 6.73. The van der Waals surface area contributed by atoms with Crippen molar-refractivity contribution in [2.75, 3.05) is 0 Å². The number of rotatable bonds is 7. The molecular weight excluding hydrogens is 444 g/mol. The molecule has 1 aromatic carbocycles. The van der Waals surface area contributed by atoms with E-state index in [-0.39, 0.29) is 12.5 Å². The van der Waals surface area contributed by atoms with Crippen LogP contribution >= 0.6 is 23.1 Å². The minimum atomic E-state index is -0.213. The van der Waals surface area contributed by atoms with E-state index >= 15 is 0 Å². The van der Waals surface area contributed by atoms with Crippen LogP contribution in [-0.4, -0.2) is 21.0 Å². The van der Waals surface area contributed by atoms with Crippen LogP contribution in [0.5, 0.6) is 0 Å². The molecule has 0 radical (unpaired) electrons. The number of hydrogen-bond donors (Lipinski definition) is 1. The van der Waals surface area contributed by atoms with Crippen LogP contribution in [0.15, 0.2) is 74.8 Å². The highest BCUT2D eigenvalue weighted by molar-refractivity contribution is 7.98. The Labute approximate surface area is 191 Å². The first-order chi connectivity index (χ1) is 15.7. The molecule has 5 rings (SSSR count). The summed E-state index contributed by atoms with van der Waals surface area (Å²) in [6, 6.07) is 17.1. The van der Waals surface area contributed by atoms with Crippen LogP contribution in [0.2, 0.25) is 0 Å². The molecule has 0 bridgehead atoms. The maximum absolute atomic E-state index is 12.8. The Kier molecular flexibility index (Phi) is 5.74. The Hall–Kier alpha value is -3.43. The van der Waals surface area contributed by atoms with Crippen molar-refractivity contribution in [3.05, 3.63) is 83.6 Å². The van der Waals surface area contributed by atoms with E-state index in [9.17, 15) is 4.79 Å². The molecule has 0 aliphatic rings. The molecule has 0 atom stereocenters. The van der Waals surface area contributed by atoms with E-state index in [1.807, 2.05) is 49.4 Å². The summed E-state index contributed by atoms with van der Waals surface area (Å²) >= 11 is 3.02. The van der Waals surface area contributed by atoms with Crippen LogP contribution in [-0.2, 0) is 12.3 Å². The molecule has 1 amide bonds. The first-order valence-electron chi connectivity index (χ1n) is 9.88. The first kappa shape index (κ1) is 20.5.